The van der Waals surface area contributed by atoms with Gasteiger partial charge in [0.05, 0.1) is 57.9 Å². The molecule has 0 radical (unpaired) electrons. The van der Waals surface area contributed by atoms with Crippen molar-refractivity contribution in [1.29, 1.82) is 0 Å². The fourth-order valence-electron chi connectivity index (χ4n) is 1.94. The Morgan fingerprint density at radius 2 is 1.67 bits per heavy atom. The molecule has 0 aliphatic carbocycles. The lowest BCUT2D eigenvalue weighted by molar-refractivity contribution is -0.138. The van der Waals surface area contributed by atoms with Crippen LogP contribution < -0.4 is 16.8 Å². The highest BCUT2D eigenvalue weighted by molar-refractivity contribution is 5.66. The summed E-state index contributed by atoms with van der Waals surface area (Å²) < 4.78 is 15.6. The third-order valence-corrected chi connectivity index (χ3v) is 3.37. The van der Waals surface area contributed by atoms with Crippen LogP contribution in [0.5, 0.6) is 0 Å². The number of rotatable bonds is 15. The molecule has 9 heteroatoms. The second-order valence-corrected chi connectivity index (χ2v) is 5.73. The number of aliphatic hydroxyl groups is 1. The number of hydrogen-bond donors (Lipinski definition) is 5. The SMILES string of the molecule is N/C(=C\NCC(O)COCCOCCOCCC(=O)O)c1ccc(N)cc1. The highest BCUT2D eigenvalue weighted by Gasteiger charge is 2.03. The number of nitrogens with two attached hydrogens (primary N) is 2. The van der Waals surface area contributed by atoms with E-state index in [1.54, 1.807) is 18.3 Å². The maximum absolute atomic E-state index is 10.3. The Morgan fingerprint density at radius 1 is 1.07 bits per heavy atom. The average molecular weight is 383 g/mol. The zero-order valence-corrected chi connectivity index (χ0v) is 15.3. The Hall–Kier alpha value is -2.33. The molecule has 0 amide bonds. The van der Waals surface area contributed by atoms with E-state index in [9.17, 15) is 9.90 Å². The normalized spacial score (nSPS) is 12.7. The van der Waals surface area contributed by atoms with Gasteiger partial charge in [-0.25, -0.2) is 0 Å². The van der Waals surface area contributed by atoms with Gasteiger partial charge in [-0.15, -0.1) is 0 Å². The number of carboxylic acids is 1. The summed E-state index contributed by atoms with van der Waals surface area (Å²) in [5.41, 5.74) is 13.6. The fraction of sp³-hybridized carbons (Fsp3) is 0.500. The summed E-state index contributed by atoms with van der Waals surface area (Å²) >= 11 is 0. The monoisotopic (exact) mass is 383 g/mol. The van der Waals surface area contributed by atoms with E-state index in [0.717, 1.165) is 5.56 Å². The molecule has 0 aliphatic heterocycles. The van der Waals surface area contributed by atoms with Gasteiger partial charge in [0, 0.05) is 18.4 Å². The zero-order chi connectivity index (χ0) is 19.9. The first-order valence-corrected chi connectivity index (χ1v) is 8.67. The van der Waals surface area contributed by atoms with Gasteiger partial charge in [-0.05, 0) is 17.7 Å². The van der Waals surface area contributed by atoms with Crippen LogP contribution >= 0.6 is 0 Å². The molecule has 0 aliphatic rings. The lowest BCUT2D eigenvalue weighted by Gasteiger charge is -2.12. The number of benzene rings is 1. The zero-order valence-electron chi connectivity index (χ0n) is 15.3. The molecule has 0 heterocycles. The molecule has 1 atom stereocenters. The quantitative estimate of drug-likeness (QED) is 0.208. The van der Waals surface area contributed by atoms with E-state index in [1.165, 1.54) is 0 Å². The highest BCUT2D eigenvalue weighted by Crippen LogP contribution is 2.10. The molecule has 0 aromatic heterocycles. The fourth-order valence-corrected chi connectivity index (χ4v) is 1.94. The largest absolute Gasteiger partial charge is 0.481 e. The number of aliphatic carboxylic acids is 1. The van der Waals surface area contributed by atoms with Crippen molar-refractivity contribution >= 4 is 17.4 Å². The second kappa shape index (κ2) is 13.8. The molecule has 1 aromatic carbocycles. The minimum absolute atomic E-state index is 0.0180. The van der Waals surface area contributed by atoms with Crippen molar-refractivity contribution in [2.24, 2.45) is 5.73 Å². The Morgan fingerprint density at radius 3 is 2.30 bits per heavy atom. The van der Waals surface area contributed by atoms with Gasteiger partial charge >= 0.3 is 5.97 Å². The average Bonchev–Trinajstić information content (AvgIpc) is 2.63. The number of aliphatic hydroxyl groups excluding tert-OH is 1. The summed E-state index contributed by atoms with van der Waals surface area (Å²) in [5.74, 6) is -0.888. The number of ether oxygens (including phenoxy) is 3. The molecule has 9 nitrogen and oxygen atoms in total. The molecule has 7 N–H and O–H groups in total. The molecule has 0 saturated carbocycles. The van der Waals surface area contributed by atoms with E-state index >= 15 is 0 Å². The topological polar surface area (TPSA) is 149 Å². The van der Waals surface area contributed by atoms with Crippen molar-refractivity contribution in [2.45, 2.75) is 12.5 Å². The lowest BCUT2D eigenvalue weighted by Crippen LogP contribution is -2.28. The third kappa shape index (κ3) is 11.8. The minimum atomic E-state index is -0.888. The van der Waals surface area contributed by atoms with Crippen molar-refractivity contribution in [3.63, 3.8) is 0 Å². The molecular formula is C18H29N3O6. The van der Waals surface area contributed by atoms with Crippen molar-refractivity contribution in [2.75, 3.05) is 51.9 Å². The number of nitrogen functional groups attached to an aromatic ring is 1. The van der Waals surface area contributed by atoms with Crippen LogP contribution in [-0.4, -0.2) is 68.5 Å². The van der Waals surface area contributed by atoms with Crippen molar-refractivity contribution in [3.8, 4) is 0 Å². The summed E-state index contributed by atoms with van der Waals surface area (Å²) in [6.07, 6.45) is 0.928. The predicted octanol–water partition coefficient (Wildman–Crippen LogP) is 0.000900. The predicted molar refractivity (Wildman–Crippen MR) is 102 cm³/mol. The molecule has 1 unspecified atom stereocenters. The van der Waals surface area contributed by atoms with Gasteiger partial charge in [-0.1, -0.05) is 12.1 Å². The van der Waals surface area contributed by atoms with Gasteiger partial charge in [0.2, 0.25) is 0 Å². The van der Waals surface area contributed by atoms with Crippen molar-refractivity contribution < 1.29 is 29.2 Å². The van der Waals surface area contributed by atoms with Gasteiger partial charge in [0.1, 0.15) is 0 Å². The summed E-state index contributed by atoms with van der Waals surface area (Å²) in [6.45, 7) is 2.05. The summed E-state index contributed by atoms with van der Waals surface area (Å²) in [5, 5.41) is 21.2. The van der Waals surface area contributed by atoms with Crippen molar-refractivity contribution in [3.05, 3.63) is 36.0 Å². The Labute approximate surface area is 158 Å². The molecule has 1 aromatic rings. The Bertz CT molecular complexity index is 565. The van der Waals surface area contributed by atoms with Gasteiger partial charge < -0.3 is 41.2 Å². The van der Waals surface area contributed by atoms with E-state index in [-0.39, 0.29) is 19.6 Å². The van der Waals surface area contributed by atoms with Crippen LogP contribution in [0.1, 0.15) is 12.0 Å². The van der Waals surface area contributed by atoms with Gasteiger partial charge in [-0.3, -0.25) is 4.79 Å². The maximum Gasteiger partial charge on any atom is 0.305 e. The van der Waals surface area contributed by atoms with E-state index in [0.29, 0.717) is 44.4 Å². The van der Waals surface area contributed by atoms with E-state index in [2.05, 4.69) is 5.32 Å². The highest BCUT2D eigenvalue weighted by atomic mass is 16.5. The van der Waals surface area contributed by atoms with Gasteiger partial charge in [0.15, 0.2) is 0 Å². The van der Waals surface area contributed by atoms with Crippen molar-refractivity contribution in [1.82, 2.24) is 5.32 Å². The number of carboxylic acid groups (broad SMARTS) is 1. The molecule has 1 rings (SSSR count). The third-order valence-electron chi connectivity index (χ3n) is 3.37. The maximum atomic E-state index is 10.3. The van der Waals surface area contributed by atoms with Crippen LogP contribution in [0.3, 0.4) is 0 Å². The second-order valence-electron chi connectivity index (χ2n) is 5.73. The summed E-state index contributed by atoms with van der Waals surface area (Å²) in [4.78, 5) is 10.3. The van der Waals surface area contributed by atoms with Gasteiger partial charge in [0.25, 0.3) is 0 Å². The van der Waals surface area contributed by atoms with Crippen LogP contribution in [0.15, 0.2) is 30.5 Å². The number of hydrogen-bond acceptors (Lipinski definition) is 8. The molecule has 152 valence electrons. The standard InChI is InChI=1S/C18H29N3O6/c19-15-3-1-14(2-4-15)17(20)12-21-11-16(22)13-27-10-9-26-8-7-25-6-5-18(23)24/h1-4,12,16,21-22H,5-11,13,19-20H2,(H,23,24)/b17-12-. The molecule has 0 bridgehead atoms. The minimum Gasteiger partial charge on any atom is -0.481 e. The Balaban J connectivity index is 1.99. The van der Waals surface area contributed by atoms with E-state index in [1.807, 2.05) is 12.1 Å². The first-order chi connectivity index (χ1) is 13.0. The smallest absolute Gasteiger partial charge is 0.305 e. The first-order valence-electron chi connectivity index (χ1n) is 8.67. The van der Waals surface area contributed by atoms with Crippen LogP contribution in [0.2, 0.25) is 0 Å². The van der Waals surface area contributed by atoms with Crippen LogP contribution in [0.4, 0.5) is 5.69 Å². The first kappa shape index (κ1) is 22.7. The number of nitrogens with one attached hydrogen (secondary N) is 1. The number of carbonyl (C=O) groups is 1. The molecule has 0 spiro atoms. The van der Waals surface area contributed by atoms with Gasteiger partial charge in [-0.2, -0.15) is 0 Å². The number of anilines is 1. The van der Waals surface area contributed by atoms with Crippen LogP contribution in [0, 0.1) is 0 Å². The van der Waals surface area contributed by atoms with Crippen LogP contribution in [-0.2, 0) is 19.0 Å². The summed E-state index contributed by atoms with van der Waals surface area (Å²) in [7, 11) is 0. The molecular weight excluding hydrogens is 354 g/mol. The molecule has 27 heavy (non-hydrogen) atoms. The lowest BCUT2D eigenvalue weighted by atomic mass is 10.1. The molecule has 0 saturated heterocycles. The molecule has 0 fully saturated rings. The van der Waals surface area contributed by atoms with Crippen LogP contribution in [0.25, 0.3) is 5.70 Å². The van der Waals surface area contributed by atoms with E-state index in [4.69, 9.17) is 30.8 Å². The Kier molecular flexibility index (Phi) is 11.6. The summed E-state index contributed by atoms with van der Waals surface area (Å²) in [6, 6.07) is 7.17. The van der Waals surface area contributed by atoms with E-state index < -0.39 is 12.1 Å².